The number of anilines is 1. The van der Waals surface area contributed by atoms with E-state index in [0.29, 0.717) is 6.54 Å². The molecule has 0 aliphatic rings. The standard InChI is InChI=1S/C13H15BrClN3/c1-8-13(9(2)18(3)17-8)16-7-10-6-11(14)4-5-12(10)15/h4-6,16H,7H2,1-3H3. The van der Waals surface area contributed by atoms with Gasteiger partial charge in [-0.3, -0.25) is 4.68 Å². The lowest BCUT2D eigenvalue weighted by Gasteiger charge is -2.09. The summed E-state index contributed by atoms with van der Waals surface area (Å²) in [4.78, 5) is 0. The molecule has 0 aliphatic heterocycles. The number of aryl methyl sites for hydroxylation is 2. The number of hydrogen-bond donors (Lipinski definition) is 1. The number of hydrogen-bond acceptors (Lipinski definition) is 2. The molecule has 2 aromatic rings. The smallest absolute Gasteiger partial charge is 0.0827 e. The Labute approximate surface area is 120 Å². The van der Waals surface area contributed by atoms with Crippen molar-refractivity contribution in [3.05, 3.63) is 44.6 Å². The molecule has 0 saturated heterocycles. The average Bonchev–Trinajstić information content (AvgIpc) is 2.55. The minimum atomic E-state index is 0.686. The van der Waals surface area contributed by atoms with Gasteiger partial charge in [-0.2, -0.15) is 5.10 Å². The molecule has 1 aromatic heterocycles. The van der Waals surface area contributed by atoms with Crippen LogP contribution < -0.4 is 5.32 Å². The second-order valence-corrected chi connectivity index (χ2v) is 5.58. The van der Waals surface area contributed by atoms with Gasteiger partial charge in [0.2, 0.25) is 0 Å². The van der Waals surface area contributed by atoms with E-state index in [4.69, 9.17) is 11.6 Å². The highest BCUT2D eigenvalue weighted by atomic mass is 79.9. The van der Waals surface area contributed by atoms with Crippen molar-refractivity contribution in [2.45, 2.75) is 20.4 Å². The van der Waals surface area contributed by atoms with Gasteiger partial charge in [-0.05, 0) is 37.6 Å². The van der Waals surface area contributed by atoms with Gasteiger partial charge in [0, 0.05) is 23.1 Å². The van der Waals surface area contributed by atoms with Crippen LogP contribution in [-0.2, 0) is 13.6 Å². The Morgan fingerprint density at radius 1 is 1.39 bits per heavy atom. The van der Waals surface area contributed by atoms with Crippen molar-refractivity contribution in [2.75, 3.05) is 5.32 Å². The molecular formula is C13H15BrClN3. The van der Waals surface area contributed by atoms with Gasteiger partial charge < -0.3 is 5.32 Å². The Balaban J connectivity index is 2.19. The van der Waals surface area contributed by atoms with E-state index in [9.17, 15) is 0 Å². The maximum atomic E-state index is 6.17. The molecule has 0 amide bonds. The van der Waals surface area contributed by atoms with E-state index < -0.39 is 0 Å². The molecule has 1 heterocycles. The quantitative estimate of drug-likeness (QED) is 0.920. The van der Waals surface area contributed by atoms with Gasteiger partial charge in [-0.25, -0.2) is 0 Å². The molecule has 18 heavy (non-hydrogen) atoms. The second kappa shape index (κ2) is 5.33. The van der Waals surface area contributed by atoms with Gasteiger partial charge in [-0.15, -0.1) is 0 Å². The van der Waals surface area contributed by atoms with E-state index in [2.05, 4.69) is 26.3 Å². The summed E-state index contributed by atoms with van der Waals surface area (Å²) < 4.78 is 2.91. The molecule has 0 atom stereocenters. The van der Waals surface area contributed by atoms with E-state index in [-0.39, 0.29) is 0 Å². The molecule has 0 radical (unpaired) electrons. The van der Waals surface area contributed by atoms with E-state index >= 15 is 0 Å². The molecule has 3 nitrogen and oxygen atoms in total. The number of nitrogens with one attached hydrogen (secondary N) is 1. The molecule has 96 valence electrons. The van der Waals surface area contributed by atoms with Crippen molar-refractivity contribution in [3.63, 3.8) is 0 Å². The molecule has 0 bridgehead atoms. The van der Waals surface area contributed by atoms with Crippen molar-refractivity contribution in [3.8, 4) is 0 Å². The van der Waals surface area contributed by atoms with Crippen molar-refractivity contribution >= 4 is 33.2 Å². The van der Waals surface area contributed by atoms with Crippen molar-refractivity contribution in [2.24, 2.45) is 7.05 Å². The molecule has 0 fully saturated rings. The van der Waals surface area contributed by atoms with Crippen LogP contribution in [0, 0.1) is 13.8 Å². The van der Waals surface area contributed by atoms with Crippen LogP contribution in [0.15, 0.2) is 22.7 Å². The van der Waals surface area contributed by atoms with Gasteiger partial charge in [0.05, 0.1) is 17.1 Å². The van der Waals surface area contributed by atoms with Gasteiger partial charge in [-0.1, -0.05) is 27.5 Å². The zero-order chi connectivity index (χ0) is 13.3. The first-order valence-electron chi connectivity index (χ1n) is 5.67. The fourth-order valence-corrected chi connectivity index (χ4v) is 2.48. The maximum absolute atomic E-state index is 6.17. The predicted molar refractivity (Wildman–Crippen MR) is 79.2 cm³/mol. The Morgan fingerprint density at radius 3 is 2.72 bits per heavy atom. The highest BCUT2D eigenvalue weighted by molar-refractivity contribution is 9.10. The summed E-state index contributed by atoms with van der Waals surface area (Å²) >= 11 is 9.62. The minimum Gasteiger partial charge on any atom is -0.378 e. The number of aromatic nitrogens is 2. The summed E-state index contributed by atoms with van der Waals surface area (Å²) in [6, 6.07) is 5.86. The summed E-state index contributed by atoms with van der Waals surface area (Å²) in [5, 5.41) is 8.54. The normalized spacial score (nSPS) is 10.7. The monoisotopic (exact) mass is 327 g/mol. The molecule has 0 saturated carbocycles. The van der Waals surface area contributed by atoms with E-state index in [1.54, 1.807) is 0 Å². The molecular weight excluding hydrogens is 314 g/mol. The van der Waals surface area contributed by atoms with Gasteiger partial charge in [0.25, 0.3) is 0 Å². The number of nitrogens with zero attached hydrogens (tertiary/aromatic N) is 2. The van der Waals surface area contributed by atoms with E-state index in [0.717, 1.165) is 32.1 Å². The first kappa shape index (κ1) is 13.4. The third-order valence-electron chi connectivity index (χ3n) is 2.97. The second-order valence-electron chi connectivity index (χ2n) is 4.26. The fourth-order valence-electron chi connectivity index (χ4n) is 1.89. The average molecular weight is 329 g/mol. The van der Waals surface area contributed by atoms with Crippen LogP contribution in [0.25, 0.3) is 0 Å². The summed E-state index contributed by atoms with van der Waals surface area (Å²) in [7, 11) is 1.94. The molecule has 0 spiro atoms. The first-order chi connectivity index (χ1) is 8.49. The third-order valence-corrected chi connectivity index (χ3v) is 3.83. The lowest BCUT2D eigenvalue weighted by molar-refractivity contribution is 0.731. The SMILES string of the molecule is Cc1nn(C)c(C)c1NCc1cc(Br)ccc1Cl. The Hall–Kier alpha value is -1.000. The highest BCUT2D eigenvalue weighted by Crippen LogP contribution is 2.24. The van der Waals surface area contributed by atoms with Crippen LogP contribution in [0.1, 0.15) is 17.0 Å². The third kappa shape index (κ3) is 2.70. The Bertz CT molecular complexity index is 578. The fraction of sp³-hybridized carbons (Fsp3) is 0.308. The van der Waals surface area contributed by atoms with Gasteiger partial charge in [0.15, 0.2) is 0 Å². The lowest BCUT2D eigenvalue weighted by atomic mass is 10.2. The van der Waals surface area contributed by atoms with E-state index in [1.807, 2.05) is 43.8 Å². The Morgan fingerprint density at radius 2 is 2.11 bits per heavy atom. The number of rotatable bonds is 3. The van der Waals surface area contributed by atoms with Gasteiger partial charge in [0.1, 0.15) is 0 Å². The summed E-state index contributed by atoms with van der Waals surface area (Å²) in [6.45, 7) is 4.73. The molecule has 1 N–H and O–H groups in total. The van der Waals surface area contributed by atoms with Gasteiger partial charge >= 0.3 is 0 Å². The zero-order valence-electron chi connectivity index (χ0n) is 10.6. The van der Waals surface area contributed by atoms with Crippen LogP contribution in [0.4, 0.5) is 5.69 Å². The van der Waals surface area contributed by atoms with Crippen LogP contribution in [0.2, 0.25) is 5.02 Å². The highest BCUT2D eigenvalue weighted by Gasteiger charge is 2.09. The summed E-state index contributed by atoms with van der Waals surface area (Å²) in [6.07, 6.45) is 0. The predicted octanol–water partition coefficient (Wildman–Crippen LogP) is 4.06. The molecule has 5 heteroatoms. The molecule has 0 aliphatic carbocycles. The van der Waals surface area contributed by atoms with Crippen LogP contribution in [-0.4, -0.2) is 9.78 Å². The van der Waals surface area contributed by atoms with Crippen molar-refractivity contribution in [1.82, 2.24) is 9.78 Å². The lowest BCUT2D eigenvalue weighted by Crippen LogP contribution is -2.02. The van der Waals surface area contributed by atoms with Crippen molar-refractivity contribution in [1.29, 1.82) is 0 Å². The minimum absolute atomic E-state index is 0.686. The summed E-state index contributed by atoms with van der Waals surface area (Å²) in [5.74, 6) is 0. The largest absolute Gasteiger partial charge is 0.378 e. The Kier molecular flexibility index (Phi) is 3.97. The number of halogens is 2. The number of benzene rings is 1. The molecule has 2 rings (SSSR count). The summed E-state index contributed by atoms with van der Waals surface area (Å²) in [5.41, 5.74) is 4.27. The topological polar surface area (TPSA) is 29.9 Å². The first-order valence-corrected chi connectivity index (χ1v) is 6.84. The van der Waals surface area contributed by atoms with Crippen LogP contribution in [0.3, 0.4) is 0 Å². The molecule has 1 aromatic carbocycles. The maximum Gasteiger partial charge on any atom is 0.0827 e. The molecule has 0 unspecified atom stereocenters. The van der Waals surface area contributed by atoms with Crippen LogP contribution >= 0.6 is 27.5 Å². The zero-order valence-corrected chi connectivity index (χ0v) is 12.9. The van der Waals surface area contributed by atoms with E-state index in [1.165, 1.54) is 0 Å². The van der Waals surface area contributed by atoms with Crippen LogP contribution in [0.5, 0.6) is 0 Å². The van der Waals surface area contributed by atoms with Crippen molar-refractivity contribution < 1.29 is 0 Å².